The van der Waals surface area contributed by atoms with E-state index < -0.39 is 16.1 Å². The second-order valence-corrected chi connectivity index (χ2v) is 8.35. The van der Waals surface area contributed by atoms with Gasteiger partial charge in [0, 0.05) is 26.2 Å². The Hall–Kier alpha value is -0.800. The smallest absolute Gasteiger partial charge is 0.243 e. The van der Waals surface area contributed by atoms with Crippen molar-refractivity contribution in [1.29, 1.82) is 0 Å². The Labute approximate surface area is 154 Å². The quantitative estimate of drug-likeness (QED) is 0.780. The highest BCUT2D eigenvalue weighted by Gasteiger charge is 2.31. The molecule has 0 radical (unpaired) electrons. The van der Waals surface area contributed by atoms with Crippen molar-refractivity contribution in [3.8, 4) is 0 Å². The van der Waals surface area contributed by atoms with E-state index in [1.54, 1.807) is 47.0 Å². The minimum Gasteiger partial charge on any atom is -0.339 e. The van der Waals surface area contributed by atoms with Crippen LogP contribution < -0.4 is 5.73 Å². The third kappa shape index (κ3) is 5.10. The molecule has 9 heteroatoms. The second kappa shape index (κ2) is 9.62. The van der Waals surface area contributed by atoms with Gasteiger partial charge < -0.3 is 10.6 Å². The van der Waals surface area contributed by atoms with Gasteiger partial charge in [-0.3, -0.25) is 4.79 Å². The summed E-state index contributed by atoms with van der Waals surface area (Å²) in [7, 11) is -3.48. The third-order valence-electron chi connectivity index (χ3n) is 3.88. The van der Waals surface area contributed by atoms with E-state index in [2.05, 4.69) is 0 Å². The molecule has 1 aliphatic rings. The fourth-order valence-electron chi connectivity index (χ4n) is 2.49. The van der Waals surface area contributed by atoms with Crippen molar-refractivity contribution in [2.45, 2.75) is 17.4 Å². The highest BCUT2D eigenvalue weighted by molar-refractivity contribution is 7.98. The highest BCUT2D eigenvalue weighted by Crippen LogP contribution is 2.17. The molecule has 1 fully saturated rings. The summed E-state index contributed by atoms with van der Waals surface area (Å²) in [5, 5.41) is 0. The lowest BCUT2D eigenvalue weighted by molar-refractivity contribution is -0.133. The van der Waals surface area contributed by atoms with Crippen LogP contribution in [0.15, 0.2) is 35.2 Å². The summed E-state index contributed by atoms with van der Waals surface area (Å²) in [6, 6.07) is 7.87. The number of hydrogen-bond donors (Lipinski definition) is 1. The van der Waals surface area contributed by atoms with Gasteiger partial charge in [0.2, 0.25) is 15.9 Å². The number of thioether (sulfide) groups is 1. The van der Waals surface area contributed by atoms with Crippen LogP contribution in [0.5, 0.6) is 0 Å². The van der Waals surface area contributed by atoms with Gasteiger partial charge in [-0.1, -0.05) is 18.2 Å². The Morgan fingerprint density at radius 2 is 1.79 bits per heavy atom. The number of benzene rings is 1. The number of piperazine rings is 1. The molecule has 1 atom stereocenters. The van der Waals surface area contributed by atoms with Crippen LogP contribution in [0, 0.1) is 0 Å². The van der Waals surface area contributed by atoms with Gasteiger partial charge in [0.1, 0.15) is 0 Å². The number of nitrogens with zero attached hydrogens (tertiary/aromatic N) is 2. The Morgan fingerprint density at radius 1 is 1.21 bits per heavy atom. The zero-order chi connectivity index (χ0) is 16.9. The zero-order valence-corrected chi connectivity index (χ0v) is 16.1. The number of halogens is 1. The van der Waals surface area contributed by atoms with Crippen LogP contribution in [0.3, 0.4) is 0 Å². The molecule has 2 rings (SSSR count). The largest absolute Gasteiger partial charge is 0.339 e. The first-order valence-electron chi connectivity index (χ1n) is 7.55. The molecule has 0 saturated carbocycles. The number of sulfonamides is 1. The number of nitrogens with two attached hydrogens (primary N) is 1. The Bertz CT molecular complexity index is 620. The summed E-state index contributed by atoms with van der Waals surface area (Å²) in [5.74, 6) is 0.755. The molecule has 136 valence electrons. The monoisotopic (exact) mass is 393 g/mol. The molecule has 1 amide bonds. The van der Waals surface area contributed by atoms with Crippen LogP contribution in [-0.4, -0.2) is 67.8 Å². The molecule has 0 aromatic heterocycles. The molecule has 2 N–H and O–H groups in total. The van der Waals surface area contributed by atoms with E-state index in [1.807, 2.05) is 6.26 Å². The molecule has 1 saturated heterocycles. The van der Waals surface area contributed by atoms with Gasteiger partial charge in [-0.2, -0.15) is 16.1 Å². The van der Waals surface area contributed by atoms with Gasteiger partial charge in [-0.15, -0.1) is 12.4 Å². The van der Waals surface area contributed by atoms with Crippen LogP contribution in [-0.2, 0) is 14.8 Å². The van der Waals surface area contributed by atoms with Crippen LogP contribution in [0.4, 0.5) is 0 Å². The Kier molecular flexibility index (Phi) is 8.52. The highest BCUT2D eigenvalue weighted by atomic mass is 35.5. The van der Waals surface area contributed by atoms with E-state index in [-0.39, 0.29) is 23.2 Å². The lowest BCUT2D eigenvalue weighted by atomic mass is 10.2. The van der Waals surface area contributed by atoms with E-state index in [0.29, 0.717) is 32.6 Å². The van der Waals surface area contributed by atoms with E-state index in [0.717, 1.165) is 5.75 Å². The minimum atomic E-state index is -3.48. The van der Waals surface area contributed by atoms with Gasteiger partial charge in [0.25, 0.3) is 0 Å². The summed E-state index contributed by atoms with van der Waals surface area (Å²) in [6.07, 6.45) is 2.62. The molecule has 1 aromatic carbocycles. The van der Waals surface area contributed by atoms with Crippen LogP contribution >= 0.6 is 24.2 Å². The van der Waals surface area contributed by atoms with E-state index in [4.69, 9.17) is 5.73 Å². The Morgan fingerprint density at radius 3 is 2.33 bits per heavy atom. The lowest BCUT2D eigenvalue weighted by Gasteiger charge is -2.35. The zero-order valence-electron chi connectivity index (χ0n) is 13.6. The van der Waals surface area contributed by atoms with E-state index >= 15 is 0 Å². The maximum absolute atomic E-state index is 12.5. The summed E-state index contributed by atoms with van der Waals surface area (Å²) in [4.78, 5) is 14.2. The van der Waals surface area contributed by atoms with Crippen molar-refractivity contribution in [2.75, 3.05) is 38.2 Å². The predicted molar refractivity (Wildman–Crippen MR) is 100 cm³/mol. The van der Waals surface area contributed by atoms with E-state index in [1.165, 1.54) is 4.31 Å². The molecular weight excluding hydrogens is 370 g/mol. The first kappa shape index (κ1) is 21.2. The Balaban J connectivity index is 0.00000288. The van der Waals surface area contributed by atoms with Crippen molar-refractivity contribution >= 4 is 40.1 Å². The van der Waals surface area contributed by atoms with Gasteiger partial charge in [-0.25, -0.2) is 8.42 Å². The van der Waals surface area contributed by atoms with Crippen LogP contribution in [0.2, 0.25) is 0 Å². The fraction of sp³-hybridized carbons (Fsp3) is 0.533. The molecule has 0 unspecified atom stereocenters. The molecular formula is C15H24ClN3O3S2. The summed E-state index contributed by atoms with van der Waals surface area (Å²) in [5.41, 5.74) is 5.91. The molecule has 0 aliphatic carbocycles. The molecule has 1 aromatic rings. The number of rotatable bonds is 6. The normalized spacial score (nSPS) is 17.2. The van der Waals surface area contributed by atoms with Gasteiger partial charge in [0.15, 0.2) is 0 Å². The molecule has 1 aliphatic heterocycles. The van der Waals surface area contributed by atoms with Gasteiger partial charge >= 0.3 is 0 Å². The molecule has 0 spiro atoms. The fourth-order valence-corrected chi connectivity index (χ4v) is 4.43. The van der Waals surface area contributed by atoms with Crippen LogP contribution in [0.1, 0.15) is 6.42 Å². The second-order valence-electron chi connectivity index (χ2n) is 5.43. The first-order chi connectivity index (χ1) is 11.0. The van der Waals surface area contributed by atoms with Crippen molar-refractivity contribution in [3.63, 3.8) is 0 Å². The number of carbonyl (C=O) groups excluding carboxylic acids is 1. The van der Waals surface area contributed by atoms with Gasteiger partial charge in [-0.05, 0) is 30.6 Å². The number of amides is 1. The first-order valence-corrected chi connectivity index (χ1v) is 10.4. The average molecular weight is 394 g/mol. The molecule has 24 heavy (non-hydrogen) atoms. The van der Waals surface area contributed by atoms with Crippen molar-refractivity contribution in [1.82, 2.24) is 9.21 Å². The van der Waals surface area contributed by atoms with Crippen molar-refractivity contribution in [3.05, 3.63) is 30.3 Å². The maximum atomic E-state index is 12.5. The van der Waals surface area contributed by atoms with Crippen LogP contribution in [0.25, 0.3) is 0 Å². The molecule has 1 heterocycles. The third-order valence-corrected chi connectivity index (χ3v) is 6.44. The average Bonchev–Trinajstić information content (AvgIpc) is 2.59. The van der Waals surface area contributed by atoms with Crippen molar-refractivity contribution < 1.29 is 13.2 Å². The number of carbonyl (C=O) groups is 1. The molecule has 6 nitrogen and oxygen atoms in total. The topological polar surface area (TPSA) is 83.7 Å². The summed E-state index contributed by atoms with van der Waals surface area (Å²) >= 11 is 1.66. The maximum Gasteiger partial charge on any atom is 0.243 e. The van der Waals surface area contributed by atoms with Crippen molar-refractivity contribution in [2.24, 2.45) is 5.73 Å². The lowest BCUT2D eigenvalue weighted by Crippen LogP contribution is -2.54. The van der Waals surface area contributed by atoms with E-state index in [9.17, 15) is 13.2 Å². The minimum absolute atomic E-state index is 0. The molecule has 0 bridgehead atoms. The number of hydrogen-bond acceptors (Lipinski definition) is 5. The summed E-state index contributed by atoms with van der Waals surface area (Å²) in [6.45, 7) is 1.38. The summed E-state index contributed by atoms with van der Waals surface area (Å²) < 4.78 is 26.5. The SMILES string of the molecule is CSCC[C@H](N)C(=O)N1CCN(S(=O)(=O)c2ccccc2)CC1.Cl. The van der Waals surface area contributed by atoms with Gasteiger partial charge in [0.05, 0.1) is 10.9 Å². The standard InChI is InChI=1S/C15H23N3O3S2.ClH/c1-22-12-7-14(16)15(19)17-8-10-18(11-9-17)23(20,21)13-5-3-2-4-6-13;/h2-6,14H,7-12,16H2,1H3;1H/t14-;/m0./s1. The predicted octanol–water partition coefficient (Wildman–Crippen LogP) is 1.02.